The molecule has 0 aliphatic carbocycles. The molecule has 0 radical (unpaired) electrons. The van der Waals surface area contributed by atoms with Gasteiger partial charge in [-0.3, -0.25) is 4.79 Å². The van der Waals surface area contributed by atoms with Gasteiger partial charge < -0.3 is 10.0 Å². The SMILES string of the molecule is C=CCc1c(Br)ccc(C(=O)N(CC)CC)c1O. The number of allylic oxidation sites excluding steroid dienone is 1. The first-order valence-corrected chi connectivity index (χ1v) is 6.76. The number of rotatable bonds is 5. The molecule has 0 aliphatic heterocycles. The van der Waals surface area contributed by atoms with E-state index in [1.807, 2.05) is 13.8 Å². The van der Waals surface area contributed by atoms with Gasteiger partial charge in [-0.05, 0) is 32.4 Å². The third-order valence-electron chi connectivity index (χ3n) is 2.86. The molecule has 0 atom stereocenters. The van der Waals surface area contributed by atoms with Gasteiger partial charge in [-0.2, -0.15) is 0 Å². The number of halogens is 1. The normalized spacial score (nSPS) is 10.2. The Labute approximate surface area is 116 Å². The van der Waals surface area contributed by atoms with Gasteiger partial charge in [0.25, 0.3) is 5.91 Å². The van der Waals surface area contributed by atoms with Gasteiger partial charge in [-0.25, -0.2) is 0 Å². The Kier molecular flexibility index (Phi) is 5.41. The molecule has 1 amide bonds. The summed E-state index contributed by atoms with van der Waals surface area (Å²) in [6, 6.07) is 3.43. The van der Waals surface area contributed by atoms with E-state index in [1.165, 1.54) is 0 Å². The minimum Gasteiger partial charge on any atom is -0.507 e. The van der Waals surface area contributed by atoms with E-state index in [-0.39, 0.29) is 11.7 Å². The maximum absolute atomic E-state index is 12.2. The predicted molar refractivity (Wildman–Crippen MR) is 77.0 cm³/mol. The van der Waals surface area contributed by atoms with Crippen LogP contribution in [-0.4, -0.2) is 29.0 Å². The molecule has 4 heteroatoms. The van der Waals surface area contributed by atoms with E-state index >= 15 is 0 Å². The third kappa shape index (κ3) is 2.93. The zero-order valence-corrected chi connectivity index (χ0v) is 12.3. The lowest BCUT2D eigenvalue weighted by Crippen LogP contribution is -2.30. The van der Waals surface area contributed by atoms with Crippen molar-refractivity contribution in [3.05, 3.63) is 40.4 Å². The molecule has 0 fully saturated rings. The molecule has 18 heavy (non-hydrogen) atoms. The average Bonchev–Trinajstić information content (AvgIpc) is 2.36. The number of hydrogen-bond donors (Lipinski definition) is 1. The van der Waals surface area contributed by atoms with Gasteiger partial charge in [0, 0.05) is 23.1 Å². The maximum Gasteiger partial charge on any atom is 0.257 e. The molecule has 1 aromatic rings. The van der Waals surface area contributed by atoms with E-state index in [4.69, 9.17) is 0 Å². The number of phenolic OH excluding ortho intramolecular Hbond substituents is 1. The maximum atomic E-state index is 12.2. The van der Waals surface area contributed by atoms with Crippen LogP contribution >= 0.6 is 15.9 Å². The summed E-state index contributed by atoms with van der Waals surface area (Å²) in [5.41, 5.74) is 1.04. The summed E-state index contributed by atoms with van der Waals surface area (Å²) in [7, 11) is 0. The molecule has 0 spiro atoms. The summed E-state index contributed by atoms with van der Waals surface area (Å²) in [5.74, 6) is -0.100. The molecular formula is C14H18BrNO2. The molecule has 0 heterocycles. The van der Waals surface area contributed by atoms with Crippen LogP contribution in [0.3, 0.4) is 0 Å². The molecule has 0 bridgehead atoms. The average molecular weight is 312 g/mol. The van der Waals surface area contributed by atoms with Crippen molar-refractivity contribution in [1.82, 2.24) is 4.90 Å². The summed E-state index contributed by atoms with van der Waals surface area (Å²) < 4.78 is 0.788. The van der Waals surface area contributed by atoms with E-state index in [2.05, 4.69) is 22.5 Å². The first-order chi connectivity index (χ1) is 8.56. The van der Waals surface area contributed by atoms with Crippen LogP contribution < -0.4 is 0 Å². The smallest absolute Gasteiger partial charge is 0.257 e. The Balaban J connectivity index is 3.21. The number of carbonyl (C=O) groups excluding carboxylic acids is 1. The highest BCUT2D eigenvalue weighted by Crippen LogP contribution is 2.31. The monoisotopic (exact) mass is 311 g/mol. The molecule has 1 aromatic carbocycles. The molecule has 98 valence electrons. The van der Waals surface area contributed by atoms with Crippen molar-refractivity contribution in [3.63, 3.8) is 0 Å². The zero-order valence-electron chi connectivity index (χ0n) is 10.7. The molecule has 0 saturated heterocycles. The lowest BCUT2D eigenvalue weighted by atomic mass is 10.0. The van der Waals surface area contributed by atoms with Crippen molar-refractivity contribution in [2.75, 3.05) is 13.1 Å². The second kappa shape index (κ2) is 6.59. The number of carbonyl (C=O) groups is 1. The van der Waals surface area contributed by atoms with Crippen LogP contribution in [0.5, 0.6) is 5.75 Å². The summed E-state index contributed by atoms with van der Waals surface area (Å²) in [5, 5.41) is 10.2. The van der Waals surface area contributed by atoms with Crippen LogP contribution in [0.1, 0.15) is 29.8 Å². The minimum absolute atomic E-state index is 0.0428. The summed E-state index contributed by atoms with van der Waals surface area (Å²) >= 11 is 3.37. The van der Waals surface area contributed by atoms with E-state index in [1.54, 1.807) is 23.1 Å². The highest BCUT2D eigenvalue weighted by Gasteiger charge is 2.19. The van der Waals surface area contributed by atoms with E-state index in [0.717, 1.165) is 4.47 Å². The lowest BCUT2D eigenvalue weighted by molar-refractivity contribution is 0.0770. The second-order valence-electron chi connectivity index (χ2n) is 3.89. The van der Waals surface area contributed by atoms with Gasteiger partial charge in [-0.15, -0.1) is 6.58 Å². The summed E-state index contributed by atoms with van der Waals surface area (Å²) in [6.45, 7) is 8.74. The molecule has 0 unspecified atom stereocenters. The van der Waals surface area contributed by atoms with Crippen LogP contribution in [0.15, 0.2) is 29.3 Å². The molecule has 0 saturated carbocycles. The van der Waals surface area contributed by atoms with Crippen molar-refractivity contribution >= 4 is 21.8 Å². The van der Waals surface area contributed by atoms with Crippen LogP contribution in [0.2, 0.25) is 0 Å². The first kappa shape index (κ1) is 14.8. The topological polar surface area (TPSA) is 40.5 Å². The number of benzene rings is 1. The Morgan fingerprint density at radius 2 is 2.06 bits per heavy atom. The fourth-order valence-electron chi connectivity index (χ4n) is 1.80. The first-order valence-electron chi connectivity index (χ1n) is 5.97. The summed E-state index contributed by atoms with van der Waals surface area (Å²) in [4.78, 5) is 13.9. The minimum atomic E-state index is -0.143. The molecular weight excluding hydrogens is 294 g/mol. The Bertz CT molecular complexity index is 453. The van der Waals surface area contributed by atoms with Gasteiger partial charge >= 0.3 is 0 Å². The van der Waals surface area contributed by atoms with Crippen molar-refractivity contribution in [3.8, 4) is 5.75 Å². The van der Waals surface area contributed by atoms with Gasteiger partial charge in [0.2, 0.25) is 0 Å². The Morgan fingerprint density at radius 3 is 2.56 bits per heavy atom. The van der Waals surface area contributed by atoms with Gasteiger partial charge in [0.15, 0.2) is 0 Å². The fourth-order valence-corrected chi connectivity index (χ4v) is 2.29. The molecule has 1 rings (SSSR count). The van der Waals surface area contributed by atoms with Gasteiger partial charge in [0.05, 0.1) is 5.56 Å². The zero-order chi connectivity index (χ0) is 13.7. The van der Waals surface area contributed by atoms with Crippen molar-refractivity contribution in [2.45, 2.75) is 20.3 Å². The lowest BCUT2D eigenvalue weighted by Gasteiger charge is -2.20. The summed E-state index contributed by atoms with van der Waals surface area (Å²) in [6.07, 6.45) is 2.22. The van der Waals surface area contributed by atoms with E-state index < -0.39 is 0 Å². The Hall–Kier alpha value is -1.29. The van der Waals surface area contributed by atoms with Crippen molar-refractivity contribution < 1.29 is 9.90 Å². The van der Waals surface area contributed by atoms with Crippen molar-refractivity contribution in [2.24, 2.45) is 0 Å². The fraction of sp³-hybridized carbons (Fsp3) is 0.357. The molecule has 0 aromatic heterocycles. The number of amides is 1. The molecule has 1 N–H and O–H groups in total. The molecule has 3 nitrogen and oxygen atoms in total. The highest BCUT2D eigenvalue weighted by atomic mass is 79.9. The number of phenols is 1. The Morgan fingerprint density at radius 1 is 1.44 bits per heavy atom. The molecule has 0 aliphatic rings. The second-order valence-corrected chi connectivity index (χ2v) is 4.75. The van der Waals surface area contributed by atoms with Crippen LogP contribution in [0.25, 0.3) is 0 Å². The largest absolute Gasteiger partial charge is 0.507 e. The van der Waals surface area contributed by atoms with E-state index in [0.29, 0.717) is 30.6 Å². The number of nitrogens with zero attached hydrogens (tertiary/aromatic N) is 1. The highest BCUT2D eigenvalue weighted by molar-refractivity contribution is 9.10. The quantitative estimate of drug-likeness (QED) is 0.847. The van der Waals surface area contributed by atoms with Gasteiger partial charge in [0.1, 0.15) is 5.75 Å². The number of aromatic hydroxyl groups is 1. The van der Waals surface area contributed by atoms with Crippen LogP contribution in [0, 0.1) is 0 Å². The predicted octanol–water partition coefficient (Wildman–Crippen LogP) is 3.37. The number of hydrogen-bond acceptors (Lipinski definition) is 2. The van der Waals surface area contributed by atoms with Crippen LogP contribution in [0.4, 0.5) is 0 Å². The van der Waals surface area contributed by atoms with Gasteiger partial charge in [-0.1, -0.05) is 22.0 Å². The van der Waals surface area contributed by atoms with E-state index in [9.17, 15) is 9.90 Å². The van der Waals surface area contributed by atoms with Crippen molar-refractivity contribution in [1.29, 1.82) is 0 Å². The third-order valence-corrected chi connectivity index (χ3v) is 3.60. The standard InChI is InChI=1S/C14H18BrNO2/c1-4-7-10-12(15)9-8-11(13(10)17)14(18)16(5-2)6-3/h4,8-9,17H,1,5-7H2,2-3H3. The van der Waals surface area contributed by atoms with Crippen LogP contribution in [-0.2, 0) is 6.42 Å².